The van der Waals surface area contributed by atoms with Crippen LogP contribution >= 0.6 is 0 Å². The highest BCUT2D eigenvalue weighted by molar-refractivity contribution is 5.94. The zero-order valence-electron chi connectivity index (χ0n) is 15.8. The average Bonchev–Trinajstić information content (AvgIpc) is 2.79. The van der Waals surface area contributed by atoms with E-state index in [-0.39, 0.29) is 18.0 Å². The smallest absolute Gasteiger partial charge is 0.254 e. The molecule has 1 N–H and O–H groups in total. The van der Waals surface area contributed by atoms with Crippen molar-refractivity contribution in [1.29, 1.82) is 5.26 Å². The Kier molecular flexibility index (Phi) is 4.34. The molecule has 5 heteroatoms. The van der Waals surface area contributed by atoms with Crippen LogP contribution in [0, 0.1) is 11.3 Å². The van der Waals surface area contributed by atoms with Crippen molar-refractivity contribution in [3.8, 4) is 17.2 Å². The number of pyridine rings is 1. The monoisotopic (exact) mass is 380 g/mol. The first kappa shape index (κ1) is 17.6. The van der Waals surface area contributed by atoms with Crippen molar-refractivity contribution in [3.05, 3.63) is 89.7 Å². The lowest BCUT2D eigenvalue weighted by atomic mass is 9.74. The summed E-state index contributed by atoms with van der Waals surface area (Å²) >= 11 is 0. The van der Waals surface area contributed by atoms with Crippen LogP contribution in [-0.2, 0) is 0 Å². The van der Waals surface area contributed by atoms with E-state index in [0.29, 0.717) is 30.1 Å². The zero-order valence-corrected chi connectivity index (χ0v) is 15.8. The standard InChI is InChI=1S/C24H20N4O/c25-13-16-2-1-3-20(12-16)17-4-6-18(7-5-17)23-21-14-28(15-22(23)27-21)24(29)19-8-10-26-11-9-19/h1-12,21-23,27H,14-15H2/t21-,22+,23?. The Balaban J connectivity index is 1.30. The predicted molar refractivity (Wildman–Crippen MR) is 110 cm³/mol. The number of hydrogen-bond donors (Lipinski definition) is 1. The minimum absolute atomic E-state index is 0.0788. The number of carbonyl (C=O) groups is 1. The van der Waals surface area contributed by atoms with Gasteiger partial charge in [-0.1, -0.05) is 36.4 Å². The van der Waals surface area contributed by atoms with Crippen LogP contribution in [0.1, 0.15) is 27.4 Å². The molecule has 0 aliphatic carbocycles. The van der Waals surface area contributed by atoms with Crippen molar-refractivity contribution >= 4 is 5.91 Å². The summed E-state index contributed by atoms with van der Waals surface area (Å²) in [5.41, 5.74) is 4.83. The highest BCUT2D eigenvalue weighted by Crippen LogP contribution is 2.38. The second-order valence-corrected chi connectivity index (χ2v) is 7.67. The number of nitrogens with one attached hydrogen (secondary N) is 1. The number of amides is 1. The molecule has 3 aliphatic heterocycles. The van der Waals surface area contributed by atoms with Gasteiger partial charge in [-0.05, 0) is 41.0 Å². The molecule has 3 aromatic rings. The van der Waals surface area contributed by atoms with Crippen molar-refractivity contribution in [2.45, 2.75) is 18.0 Å². The number of nitriles is 1. The third-order valence-electron chi connectivity index (χ3n) is 5.96. The van der Waals surface area contributed by atoms with Gasteiger partial charge in [-0.2, -0.15) is 5.26 Å². The molecule has 2 bridgehead atoms. The minimum Gasteiger partial charge on any atom is -0.335 e. The van der Waals surface area contributed by atoms with Gasteiger partial charge in [0.25, 0.3) is 5.91 Å². The van der Waals surface area contributed by atoms with Crippen LogP contribution in [0.5, 0.6) is 0 Å². The largest absolute Gasteiger partial charge is 0.335 e. The molecule has 6 rings (SSSR count). The molecule has 0 saturated carbocycles. The van der Waals surface area contributed by atoms with Gasteiger partial charge in [0.05, 0.1) is 11.6 Å². The van der Waals surface area contributed by atoms with Crippen LogP contribution < -0.4 is 5.32 Å². The Hall–Kier alpha value is -3.49. The van der Waals surface area contributed by atoms with E-state index in [1.807, 2.05) is 29.2 Å². The predicted octanol–water partition coefficient (Wildman–Crippen LogP) is 3.20. The van der Waals surface area contributed by atoms with Gasteiger partial charge >= 0.3 is 0 Å². The van der Waals surface area contributed by atoms with Crippen molar-refractivity contribution in [1.82, 2.24) is 15.2 Å². The van der Waals surface area contributed by atoms with Crippen molar-refractivity contribution in [2.24, 2.45) is 0 Å². The van der Waals surface area contributed by atoms with Gasteiger partial charge in [-0.15, -0.1) is 0 Å². The molecular formula is C24H20N4O. The Morgan fingerprint density at radius 1 is 1.00 bits per heavy atom. The van der Waals surface area contributed by atoms with E-state index >= 15 is 0 Å². The van der Waals surface area contributed by atoms with Crippen LogP contribution in [0.3, 0.4) is 0 Å². The molecule has 1 amide bonds. The summed E-state index contributed by atoms with van der Waals surface area (Å²) in [7, 11) is 0. The van der Waals surface area contributed by atoms with Crippen LogP contribution in [0.2, 0.25) is 0 Å². The summed E-state index contributed by atoms with van der Waals surface area (Å²) in [6.45, 7) is 1.43. The SMILES string of the molecule is N#Cc1cccc(-c2ccc(C3[C@@H]4CN(C(=O)c5ccncc5)C[C@H]3N4)cc2)c1. The van der Waals surface area contributed by atoms with Gasteiger partial charge in [0.1, 0.15) is 0 Å². The molecule has 4 heterocycles. The number of carbonyl (C=O) groups excluding carboxylic acids is 1. The lowest BCUT2D eigenvalue weighted by molar-refractivity contribution is 0.0367. The lowest BCUT2D eigenvalue weighted by Crippen LogP contribution is -2.72. The summed E-state index contributed by atoms with van der Waals surface area (Å²) < 4.78 is 0. The van der Waals surface area contributed by atoms with E-state index in [2.05, 4.69) is 40.6 Å². The van der Waals surface area contributed by atoms with Crippen LogP contribution in [-0.4, -0.2) is 41.0 Å². The number of piperidine rings is 1. The van der Waals surface area contributed by atoms with E-state index in [1.54, 1.807) is 24.5 Å². The number of benzene rings is 2. The summed E-state index contributed by atoms with van der Waals surface area (Å²) in [4.78, 5) is 18.6. The number of aromatic nitrogens is 1. The van der Waals surface area contributed by atoms with E-state index < -0.39 is 0 Å². The van der Waals surface area contributed by atoms with Crippen LogP contribution in [0.25, 0.3) is 11.1 Å². The number of piperazine rings is 1. The highest BCUT2D eigenvalue weighted by Gasteiger charge is 2.48. The number of rotatable bonds is 3. The lowest BCUT2D eigenvalue weighted by Gasteiger charge is -2.54. The molecule has 29 heavy (non-hydrogen) atoms. The maximum Gasteiger partial charge on any atom is 0.254 e. The quantitative estimate of drug-likeness (QED) is 0.758. The van der Waals surface area contributed by atoms with Gasteiger partial charge in [0.15, 0.2) is 0 Å². The second kappa shape index (κ2) is 7.16. The molecule has 1 unspecified atom stereocenters. The fraction of sp³-hybridized carbons (Fsp3) is 0.208. The molecule has 0 radical (unpaired) electrons. The molecule has 0 spiro atoms. The molecule has 3 atom stereocenters. The molecular weight excluding hydrogens is 360 g/mol. The van der Waals surface area contributed by atoms with Crippen molar-refractivity contribution in [2.75, 3.05) is 13.1 Å². The molecule has 3 fully saturated rings. The maximum absolute atomic E-state index is 12.7. The Bertz CT molecular complexity index is 1080. The van der Waals surface area contributed by atoms with Gasteiger partial charge in [-0.25, -0.2) is 0 Å². The van der Waals surface area contributed by atoms with Gasteiger partial charge < -0.3 is 10.2 Å². The fourth-order valence-corrected chi connectivity index (χ4v) is 4.50. The van der Waals surface area contributed by atoms with Crippen LogP contribution in [0.15, 0.2) is 73.1 Å². The number of hydrogen-bond acceptors (Lipinski definition) is 4. The Morgan fingerprint density at radius 3 is 2.41 bits per heavy atom. The number of fused-ring (bicyclic) bond motifs is 2. The van der Waals surface area contributed by atoms with E-state index in [9.17, 15) is 4.79 Å². The third kappa shape index (κ3) is 3.18. The van der Waals surface area contributed by atoms with Gasteiger partial charge in [-0.3, -0.25) is 9.78 Å². The zero-order chi connectivity index (χ0) is 19.8. The Labute approximate surface area is 169 Å². The maximum atomic E-state index is 12.7. The average molecular weight is 380 g/mol. The van der Waals surface area contributed by atoms with E-state index in [4.69, 9.17) is 5.26 Å². The second-order valence-electron chi connectivity index (χ2n) is 7.67. The minimum atomic E-state index is 0.0788. The highest BCUT2D eigenvalue weighted by atomic mass is 16.2. The molecule has 3 aliphatic rings. The molecule has 1 aromatic heterocycles. The van der Waals surface area contributed by atoms with Crippen molar-refractivity contribution < 1.29 is 4.79 Å². The first-order chi connectivity index (χ1) is 14.2. The first-order valence-corrected chi connectivity index (χ1v) is 9.79. The van der Waals surface area contributed by atoms with Crippen LogP contribution in [0.4, 0.5) is 0 Å². The summed E-state index contributed by atoms with van der Waals surface area (Å²) in [5, 5.41) is 12.7. The molecule has 142 valence electrons. The molecule has 3 saturated heterocycles. The molecule has 2 aromatic carbocycles. The van der Waals surface area contributed by atoms with Gasteiger partial charge in [0, 0.05) is 49.0 Å². The van der Waals surface area contributed by atoms with Gasteiger partial charge in [0.2, 0.25) is 0 Å². The number of nitrogens with zero attached hydrogens (tertiary/aromatic N) is 3. The normalized spacial score (nSPS) is 22.4. The fourth-order valence-electron chi connectivity index (χ4n) is 4.50. The van der Waals surface area contributed by atoms with Crippen molar-refractivity contribution in [3.63, 3.8) is 0 Å². The Morgan fingerprint density at radius 2 is 1.72 bits per heavy atom. The summed E-state index contributed by atoms with van der Waals surface area (Å²) in [6, 6.07) is 22.6. The summed E-state index contributed by atoms with van der Waals surface area (Å²) in [6.07, 6.45) is 3.32. The molecule has 5 nitrogen and oxygen atoms in total. The van der Waals surface area contributed by atoms with E-state index in [0.717, 1.165) is 11.1 Å². The van der Waals surface area contributed by atoms with E-state index in [1.165, 1.54) is 5.56 Å². The topological polar surface area (TPSA) is 69.0 Å². The summed E-state index contributed by atoms with van der Waals surface area (Å²) in [5.74, 6) is 0.506. The third-order valence-corrected chi connectivity index (χ3v) is 5.96. The first-order valence-electron chi connectivity index (χ1n) is 9.79.